The minimum atomic E-state index is -4.81. The van der Waals surface area contributed by atoms with E-state index in [1.807, 2.05) is 0 Å². The van der Waals surface area contributed by atoms with Gasteiger partial charge in [0.2, 0.25) is 0 Å². The second-order valence-corrected chi connectivity index (χ2v) is 5.26. The number of hydrogen-bond donors (Lipinski definition) is 1. The fourth-order valence-corrected chi connectivity index (χ4v) is 2.09. The van der Waals surface area contributed by atoms with E-state index in [1.54, 1.807) is 6.26 Å². The number of alkyl halides is 3. The summed E-state index contributed by atoms with van der Waals surface area (Å²) in [6.07, 6.45) is -1.81. The topological polar surface area (TPSA) is 64.1 Å². The Morgan fingerprint density at radius 3 is 2.78 bits per heavy atom. The van der Waals surface area contributed by atoms with Gasteiger partial charge in [0.05, 0.1) is 11.2 Å². The number of ether oxygens (including phenoxy) is 1. The van der Waals surface area contributed by atoms with E-state index >= 15 is 0 Å². The Kier molecular flexibility index (Phi) is 5.32. The van der Waals surface area contributed by atoms with Crippen LogP contribution in [0, 0.1) is 0 Å². The summed E-state index contributed by atoms with van der Waals surface area (Å²) in [4.78, 5) is 20.0. The van der Waals surface area contributed by atoms with Crippen LogP contribution in [-0.4, -0.2) is 28.5 Å². The molecule has 0 aliphatic carbocycles. The van der Waals surface area contributed by atoms with Crippen LogP contribution >= 0.6 is 23.4 Å². The SMILES string of the molecule is CSc1ncc(Cl)c(C(=O)Nc2cccc(OC(F)(F)F)c2)n1. The molecule has 1 aromatic heterocycles. The second kappa shape index (κ2) is 7.05. The lowest BCUT2D eigenvalue weighted by atomic mass is 10.3. The first-order chi connectivity index (χ1) is 10.8. The lowest BCUT2D eigenvalue weighted by Crippen LogP contribution is -2.18. The largest absolute Gasteiger partial charge is 0.573 e. The minimum Gasteiger partial charge on any atom is -0.406 e. The van der Waals surface area contributed by atoms with Crippen molar-refractivity contribution in [1.82, 2.24) is 9.97 Å². The first-order valence-corrected chi connectivity index (χ1v) is 7.62. The van der Waals surface area contributed by atoms with Gasteiger partial charge in [-0.05, 0) is 18.4 Å². The molecule has 0 fully saturated rings. The van der Waals surface area contributed by atoms with Gasteiger partial charge < -0.3 is 10.1 Å². The molecule has 122 valence electrons. The first-order valence-electron chi connectivity index (χ1n) is 6.02. The van der Waals surface area contributed by atoms with Gasteiger partial charge in [-0.3, -0.25) is 4.79 Å². The maximum atomic E-state index is 12.2. The number of nitrogens with one attached hydrogen (secondary N) is 1. The quantitative estimate of drug-likeness (QED) is 0.657. The molecule has 0 aliphatic rings. The molecule has 0 radical (unpaired) electrons. The summed E-state index contributed by atoms with van der Waals surface area (Å²) in [5, 5.41) is 2.78. The number of anilines is 1. The molecule has 0 saturated heterocycles. The highest BCUT2D eigenvalue weighted by Gasteiger charge is 2.31. The zero-order valence-corrected chi connectivity index (χ0v) is 13.1. The summed E-state index contributed by atoms with van der Waals surface area (Å²) in [6.45, 7) is 0. The maximum absolute atomic E-state index is 12.2. The molecule has 1 amide bonds. The van der Waals surface area contributed by atoms with Crippen molar-refractivity contribution in [1.29, 1.82) is 0 Å². The van der Waals surface area contributed by atoms with Crippen LogP contribution in [0.15, 0.2) is 35.6 Å². The van der Waals surface area contributed by atoms with Gasteiger partial charge in [-0.15, -0.1) is 13.2 Å². The molecule has 0 bridgehead atoms. The van der Waals surface area contributed by atoms with E-state index in [0.717, 1.165) is 12.1 Å². The molecule has 23 heavy (non-hydrogen) atoms. The van der Waals surface area contributed by atoms with E-state index in [-0.39, 0.29) is 16.4 Å². The summed E-state index contributed by atoms with van der Waals surface area (Å²) >= 11 is 7.08. The monoisotopic (exact) mass is 363 g/mol. The van der Waals surface area contributed by atoms with Crippen molar-refractivity contribution in [3.8, 4) is 5.75 Å². The third-order valence-corrected chi connectivity index (χ3v) is 3.28. The Balaban J connectivity index is 2.19. The molecule has 0 saturated carbocycles. The van der Waals surface area contributed by atoms with E-state index in [2.05, 4.69) is 20.0 Å². The average molecular weight is 364 g/mol. The normalized spacial score (nSPS) is 11.2. The molecule has 0 aliphatic heterocycles. The van der Waals surface area contributed by atoms with E-state index in [0.29, 0.717) is 5.16 Å². The average Bonchev–Trinajstić information content (AvgIpc) is 2.46. The summed E-state index contributed by atoms with van der Waals surface area (Å²) < 4.78 is 40.4. The van der Waals surface area contributed by atoms with Gasteiger partial charge in [-0.1, -0.05) is 29.4 Å². The molecular formula is C13H9ClF3N3O2S. The molecule has 0 spiro atoms. The number of aromatic nitrogens is 2. The Hall–Kier alpha value is -2.00. The number of benzene rings is 1. The van der Waals surface area contributed by atoms with Crippen LogP contribution in [0.3, 0.4) is 0 Å². The molecular weight excluding hydrogens is 355 g/mol. The van der Waals surface area contributed by atoms with Gasteiger partial charge in [0.25, 0.3) is 5.91 Å². The smallest absolute Gasteiger partial charge is 0.406 e. The molecule has 1 heterocycles. The zero-order valence-electron chi connectivity index (χ0n) is 11.5. The van der Waals surface area contributed by atoms with Crippen LogP contribution in [0.4, 0.5) is 18.9 Å². The highest BCUT2D eigenvalue weighted by atomic mass is 35.5. The van der Waals surface area contributed by atoms with Crippen molar-refractivity contribution < 1.29 is 22.7 Å². The maximum Gasteiger partial charge on any atom is 0.573 e. The van der Waals surface area contributed by atoms with E-state index in [1.165, 1.54) is 30.1 Å². The summed E-state index contributed by atoms with van der Waals surface area (Å²) in [7, 11) is 0. The highest BCUT2D eigenvalue weighted by Crippen LogP contribution is 2.25. The molecule has 1 N–H and O–H groups in total. The molecule has 0 atom stereocenters. The third-order valence-electron chi connectivity index (χ3n) is 2.45. The predicted molar refractivity (Wildman–Crippen MR) is 79.9 cm³/mol. The summed E-state index contributed by atoms with van der Waals surface area (Å²) in [6, 6.07) is 4.87. The zero-order chi connectivity index (χ0) is 17.0. The van der Waals surface area contributed by atoms with Crippen LogP contribution in [0.5, 0.6) is 5.75 Å². The number of carbonyl (C=O) groups excluding carboxylic acids is 1. The van der Waals surface area contributed by atoms with Crippen LogP contribution < -0.4 is 10.1 Å². The Labute approximate surface area is 138 Å². The van der Waals surface area contributed by atoms with Crippen LogP contribution in [0.25, 0.3) is 0 Å². The number of carbonyl (C=O) groups is 1. The summed E-state index contributed by atoms with van der Waals surface area (Å²) in [5.74, 6) is -1.12. The minimum absolute atomic E-state index is 0.0306. The van der Waals surface area contributed by atoms with E-state index in [9.17, 15) is 18.0 Å². The fraction of sp³-hybridized carbons (Fsp3) is 0.154. The number of amides is 1. The van der Waals surface area contributed by atoms with E-state index in [4.69, 9.17) is 11.6 Å². The van der Waals surface area contributed by atoms with Crippen molar-refractivity contribution in [2.75, 3.05) is 11.6 Å². The van der Waals surface area contributed by atoms with Crippen LogP contribution in [0.1, 0.15) is 10.5 Å². The molecule has 0 unspecified atom stereocenters. The van der Waals surface area contributed by atoms with Crippen LogP contribution in [-0.2, 0) is 0 Å². The number of thioether (sulfide) groups is 1. The van der Waals surface area contributed by atoms with Crippen molar-refractivity contribution in [3.05, 3.63) is 41.2 Å². The summed E-state index contributed by atoms with van der Waals surface area (Å²) in [5.41, 5.74) is 0.0327. The molecule has 2 aromatic rings. The van der Waals surface area contributed by atoms with Crippen molar-refractivity contribution in [2.45, 2.75) is 11.5 Å². The molecule has 10 heteroatoms. The fourth-order valence-electron chi connectivity index (χ4n) is 1.57. The van der Waals surface area contributed by atoms with Gasteiger partial charge in [-0.2, -0.15) is 0 Å². The van der Waals surface area contributed by atoms with Gasteiger partial charge >= 0.3 is 6.36 Å². The third kappa shape index (κ3) is 5.00. The Bertz CT molecular complexity index is 728. The molecule has 5 nitrogen and oxygen atoms in total. The predicted octanol–water partition coefficient (Wildman–Crippen LogP) is 4.00. The van der Waals surface area contributed by atoms with Gasteiger partial charge in [0.1, 0.15) is 5.75 Å². The molecule has 1 aromatic carbocycles. The van der Waals surface area contributed by atoms with Crippen molar-refractivity contribution in [3.63, 3.8) is 0 Å². The van der Waals surface area contributed by atoms with Crippen molar-refractivity contribution >= 4 is 35.0 Å². The number of nitrogens with zero attached hydrogens (tertiary/aromatic N) is 2. The standard InChI is InChI=1S/C13H9ClF3N3O2S/c1-23-12-18-6-9(14)10(20-12)11(21)19-7-3-2-4-8(5-7)22-13(15,16)17/h2-6H,1H3,(H,19,21). The van der Waals surface area contributed by atoms with Gasteiger partial charge in [0.15, 0.2) is 10.9 Å². The van der Waals surface area contributed by atoms with Crippen LogP contribution in [0.2, 0.25) is 5.02 Å². The Morgan fingerprint density at radius 2 is 2.13 bits per heavy atom. The number of halogens is 4. The number of hydrogen-bond acceptors (Lipinski definition) is 5. The molecule has 2 rings (SSSR count). The Morgan fingerprint density at radius 1 is 1.39 bits per heavy atom. The lowest BCUT2D eigenvalue weighted by Gasteiger charge is -2.11. The van der Waals surface area contributed by atoms with Gasteiger partial charge in [-0.25, -0.2) is 9.97 Å². The second-order valence-electron chi connectivity index (χ2n) is 4.08. The van der Waals surface area contributed by atoms with E-state index < -0.39 is 18.0 Å². The first kappa shape index (κ1) is 17.4. The van der Waals surface area contributed by atoms with Gasteiger partial charge in [0, 0.05) is 11.8 Å². The highest BCUT2D eigenvalue weighted by molar-refractivity contribution is 7.98. The lowest BCUT2D eigenvalue weighted by molar-refractivity contribution is -0.274. The van der Waals surface area contributed by atoms with Crippen molar-refractivity contribution in [2.24, 2.45) is 0 Å². The number of rotatable bonds is 4.